The van der Waals surface area contributed by atoms with Crippen molar-refractivity contribution in [2.24, 2.45) is 5.92 Å². The van der Waals surface area contributed by atoms with E-state index in [1.807, 2.05) is 0 Å². The number of pyridine rings is 1. The van der Waals surface area contributed by atoms with Crippen LogP contribution in [0.25, 0.3) is 0 Å². The first-order valence-electron chi connectivity index (χ1n) is 9.36. The van der Waals surface area contributed by atoms with E-state index in [0.29, 0.717) is 11.4 Å². The molecule has 1 fully saturated rings. The number of rotatable bonds is 9. The first kappa shape index (κ1) is 22.4. The SMILES string of the molecule is CC(NC(=O)c1ccc(OCC(F)(F)C(F)F)nn1)c1ccnc(NC(=O)C2CC2)c1. The van der Waals surface area contributed by atoms with E-state index in [1.54, 1.807) is 19.1 Å². The zero-order valence-electron chi connectivity index (χ0n) is 16.3. The molecule has 0 aliphatic heterocycles. The van der Waals surface area contributed by atoms with Gasteiger partial charge in [-0.1, -0.05) is 0 Å². The Morgan fingerprint density at radius 2 is 1.97 bits per heavy atom. The molecule has 0 aromatic carbocycles. The number of nitrogens with zero attached hydrogens (tertiary/aromatic N) is 3. The van der Waals surface area contributed by atoms with Crippen LogP contribution in [0.5, 0.6) is 5.88 Å². The highest BCUT2D eigenvalue weighted by molar-refractivity contribution is 5.93. The largest absolute Gasteiger partial charge is 0.470 e. The van der Waals surface area contributed by atoms with Gasteiger partial charge in [-0.2, -0.15) is 8.78 Å². The molecule has 166 valence electrons. The van der Waals surface area contributed by atoms with Crippen molar-refractivity contribution in [3.05, 3.63) is 41.7 Å². The van der Waals surface area contributed by atoms with Gasteiger partial charge in [0.2, 0.25) is 11.8 Å². The van der Waals surface area contributed by atoms with Crippen molar-refractivity contribution < 1.29 is 31.9 Å². The fourth-order valence-electron chi connectivity index (χ4n) is 2.46. The molecule has 1 unspecified atom stereocenters. The summed E-state index contributed by atoms with van der Waals surface area (Å²) in [6.45, 7) is 0.140. The summed E-state index contributed by atoms with van der Waals surface area (Å²) in [6, 6.07) is 5.07. The first-order valence-corrected chi connectivity index (χ1v) is 9.36. The Bertz CT molecular complexity index is 938. The molecule has 3 rings (SSSR count). The molecule has 1 aliphatic rings. The number of hydrogen-bond acceptors (Lipinski definition) is 6. The van der Waals surface area contributed by atoms with Crippen LogP contribution in [0.1, 0.15) is 41.9 Å². The zero-order chi connectivity index (χ0) is 22.6. The molecule has 0 radical (unpaired) electrons. The van der Waals surface area contributed by atoms with E-state index in [4.69, 9.17) is 0 Å². The van der Waals surface area contributed by atoms with Gasteiger partial charge in [0.25, 0.3) is 5.91 Å². The minimum Gasteiger partial charge on any atom is -0.470 e. The Hall–Kier alpha value is -3.31. The second-order valence-corrected chi connectivity index (χ2v) is 7.04. The number of carbonyl (C=O) groups excluding carboxylic acids is 2. The average Bonchev–Trinajstić information content (AvgIpc) is 3.58. The Kier molecular flexibility index (Phi) is 6.66. The Morgan fingerprint density at radius 3 is 2.58 bits per heavy atom. The molecule has 12 heteroatoms. The standard InChI is InChI=1S/C19H19F4N5O3/c1-10(12-6-7-24-14(8-12)26-16(29)11-2-3-11)25-17(30)13-4-5-15(28-27-13)31-9-19(22,23)18(20)21/h4-8,10-11,18H,2-3,9H2,1H3,(H,25,30)(H,24,26,29). The van der Waals surface area contributed by atoms with Crippen molar-refractivity contribution in [2.45, 2.75) is 38.2 Å². The van der Waals surface area contributed by atoms with Crippen molar-refractivity contribution in [2.75, 3.05) is 11.9 Å². The molecule has 2 aromatic rings. The highest BCUT2D eigenvalue weighted by Gasteiger charge is 2.41. The molecule has 1 aliphatic carbocycles. The molecule has 0 saturated heterocycles. The summed E-state index contributed by atoms with van der Waals surface area (Å²) in [4.78, 5) is 28.3. The second-order valence-electron chi connectivity index (χ2n) is 7.04. The highest BCUT2D eigenvalue weighted by atomic mass is 19.3. The molecule has 2 aromatic heterocycles. The third-order valence-corrected chi connectivity index (χ3v) is 4.44. The van der Waals surface area contributed by atoms with E-state index in [9.17, 15) is 27.2 Å². The molecule has 2 amide bonds. The third kappa shape index (κ3) is 6.09. The lowest BCUT2D eigenvalue weighted by molar-refractivity contribution is -0.148. The molecular formula is C19H19F4N5O3. The van der Waals surface area contributed by atoms with Crippen molar-refractivity contribution in [3.63, 3.8) is 0 Å². The maximum Gasteiger partial charge on any atom is 0.340 e. The van der Waals surface area contributed by atoms with Crippen LogP contribution in [0.4, 0.5) is 23.4 Å². The lowest BCUT2D eigenvalue weighted by atomic mass is 10.1. The van der Waals surface area contributed by atoms with Crippen LogP contribution in [-0.2, 0) is 4.79 Å². The molecule has 0 spiro atoms. The molecule has 31 heavy (non-hydrogen) atoms. The number of amides is 2. The molecule has 1 saturated carbocycles. The monoisotopic (exact) mass is 441 g/mol. The Labute approximate surface area is 174 Å². The van der Waals surface area contributed by atoms with Crippen LogP contribution in [-0.4, -0.2) is 46.0 Å². The summed E-state index contributed by atoms with van der Waals surface area (Å²) >= 11 is 0. The van der Waals surface area contributed by atoms with Crippen molar-refractivity contribution in [1.82, 2.24) is 20.5 Å². The maximum absolute atomic E-state index is 12.9. The van der Waals surface area contributed by atoms with E-state index in [1.165, 1.54) is 12.3 Å². The number of carbonyl (C=O) groups is 2. The topological polar surface area (TPSA) is 106 Å². The van der Waals surface area contributed by atoms with Crippen LogP contribution >= 0.6 is 0 Å². The number of aromatic nitrogens is 3. The number of ether oxygens (including phenoxy) is 1. The minimum absolute atomic E-state index is 0.0229. The van der Waals surface area contributed by atoms with E-state index in [-0.39, 0.29) is 17.5 Å². The minimum atomic E-state index is -4.32. The van der Waals surface area contributed by atoms with Gasteiger partial charge in [0.15, 0.2) is 12.3 Å². The van der Waals surface area contributed by atoms with Gasteiger partial charge in [-0.05, 0) is 43.5 Å². The summed E-state index contributed by atoms with van der Waals surface area (Å²) in [5, 5.41) is 12.4. The van der Waals surface area contributed by atoms with Crippen LogP contribution in [0.3, 0.4) is 0 Å². The molecule has 2 N–H and O–H groups in total. The molecular weight excluding hydrogens is 422 g/mol. The van der Waals surface area contributed by atoms with Crippen molar-refractivity contribution >= 4 is 17.6 Å². The molecule has 2 heterocycles. The van der Waals surface area contributed by atoms with E-state index < -0.39 is 36.8 Å². The molecule has 1 atom stereocenters. The van der Waals surface area contributed by atoms with Gasteiger partial charge in [0.1, 0.15) is 5.82 Å². The number of halogens is 4. The van der Waals surface area contributed by atoms with Gasteiger partial charge in [-0.3, -0.25) is 9.59 Å². The summed E-state index contributed by atoms with van der Waals surface area (Å²) in [7, 11) is 0. The van der Waals surface area contributed by atoms with Gasteiger partial charge in [0, 0.05) is 18.2 Å². The smallest absolute Gasteiger partial charge is 0.340 e. The highest BCUT2D eigenvalue weighted by Crippen LogP contribution is 2.30. The number of nitrogens with one attached hydrogen (secondary N) is 2. The molecule has 0 bridgehead atoms. The van der Waals surface area contributed by atoms with Crippen LogP contribution < -0.4 is 15.4 Å². The lowest BCUT2D eigenvalue weighted by Gasteiger charge is -2.16. The van der Waals surface area contributed by atoms with Crippen LogP contribution in [0.2, 0.25) is 0 Å². The predicted octanol–water partition coefficient (Wildman–Crippen LogP) is 2.99. The Morgan fingerprint density at radius 1 is 1.23 bits per heavy atom. The normalized spacial score (nSPS) is 14.8. The first-order chi connectivity index (χ1) is 14.7. The average molecular weight is 441 g/mol. The van der Waals surface area contributed by atoms with Crippen molar-refractivity contribution in [3.8, 4) is 5.88 Å². The van der Waals surface area contributed by atoms with Gasteiger partial charge in [0.05, 0.1) is 6.04 Å². The van der Waals surface area contributed by atoms with Crippen LogP contribution in [0, 0.1) is 5.92 Å². The predicted molar refractivity (Wildman–Crippen MR) is 99.9 cm³/mol. The maximum atomic E-state index is 12.9. The van der Waals surface area contributed by atoms with E-state index in [2.05, 4.69) is 30.6 Å². The molecule has 8 nitrogen and oxygen atoms in total. The quantitative estimate of drug-likeness (QED) is 0.580. The van der Waals surface area contributed by atoms with Crippen LogP contribution in [0.15, 0.2) is 30.5 Å². The summed E-state index contributed by atoms with van der Waals surface area (Å²) < 4.78 is 54.5. The van der Waals surface area contributed by atoms with Gasteiger partial charge in [-0.25, -0.2) is 13.8 Å². The summed E-state index contributed by atoms with van der Waals surface area (Å²) in [5.74, 6) is -5.05. The van der Waals surface area contributed by atoms with Gasteiger partial charge in [-0.15, -0.1) is 10.2 Å². The summed E-state index contributed by atoms with van der Waals surface area (Å²) in [5.41, 5.74) is 0.549. The lowest BCUT2D eigenvalue weighted by Crippen LogP contribution is -2.34. The fourth-order valence-corrected chi connectivity index (χ4v) is 2.46. The fraction of sp³-hybridized carbons (Fsp3) is 0.421. The number of anilines is 1. The number of alkyl halides is 4. The van der Waals surface area contributed by atoms with E-state index in [0.717, 1.165) is 18.9 Å². The second kappa shape index (κ2) is 9.23. The third-order valence-electron chi connectivity index (χ3n) is 4.44. The zero-order valence-corrected chi connectivity index (χ0v) is 16.3. The van der Waals surface area contributed by atoms with Crippen molar-refractivity contribution in [1.29, 1.82) is 0 Å². The summed E-state index contributed by atoms with van der Waals surface area (Å²) in [6.07, 6.45) is -0.654. The van der Waals surface area contributed by atoms with Gasteiger partial charge >= 0.3 is 12.3 Å². The van der Waals surface area contributed by atoms with Gasteiger partial charge < -0.3 is 15.4 Å². The van der Waals surface area contributed by atoms with E-state index >= 15 is 0 Å². The number of hydrogen-bond donors (Lipinski definition) is 2. The Balaban J connectivity index is 1.56.